The van der Waals surface area contributed by atoms with Crippen LogP contribution in [0.25, 0.3) is 0 Å². The Bertz CT molecular complexity index is 327. The van der Waals surface area contributed by atoms with E-state index >= 15 is 0 Å². The summed E-state index contributed by atoms with van der Waals surface area (Å²) >= 11 is 1.75. The molecule has 0 radical (unpaired) electrons. The van der Waals surface area contributed by atoms with E-state index in [0.29, 0.717) is 5.78 Å². The molecule has 76 valence electrons. The molecule has 2 heteroatoms. The molecule has 1 unspecified atom stereocenters. The highest BCUT2D eigenvalue weighted by molar-refractivity contribution is 7.10. The lowest BCUT2D eigenvalue weighted by atomic mass is 9.93. The van der Waals surface area contributed by atoms with E-state index in [2.05, 4.69) is 18.4 Å². The summed E-state index contributed by atoms with van der Waals surface area (Å²) < 4.78 is 0. The van der Waals surface area contributed by atoms with Gasteiger partial charge in [-0.2, -0.15) is 0 Å². The van der Waals surface area contributed by atoms with Crippen molar-refractivity contribution in [1.82, 2.24) is 0 Å². The summed E-state index contributed by atoms with van der Waals surface area (Å²) in [6, 6.07) is 2.18. The van der Waals surface area contributed by atoms with Crippen molar-refractivity contribution in [3.63, 3.8) is 0 Å². The Labute approximate surface area is 89.1 Å². The summed E-state index contributed by atoms with van der Waals surface area (Å²) in [5.74, 6) is 0.669. The number of Topliss-reactive ketones (excluding diaryl/α,β-unsaturated/α-hetero) is 1. The van der Waals surface area contributed by atoms with Gasteiger partial charge in [-0.15, -0.1) is 11.3 Å². The monoisotopic (exact) mass is 208 g/mol. The predicted molar refractivity (Wildman–Crippen MR) is 59.9 cm³/mol. The highest BCUT2D eigenvalue weighted by Crippen LogP contribution is 2.31. The van der Waals surface area contributed by atoms with Crippen LogP contribution in [0, 0.1) is 6.92 Å². The Hall–Kier alpha value is -0.630. The van der Waals surface area contributed by atoms with Crippen LogP contribution in [-0.4, -0.2) is 5.78 Å². The first-order valence-electron chi connectivity index (χ1n) is 5.35. The smallest absolute Gasteiger partial charge is 0.140 e. The number of hydrogen-bond acceptors (Lipinski definition) is 2. The van der Waals surface area contributed by atoms with Gasteiger partial charge in [-0.1, -0.05) is 12.8 Å². The van der Waals surface area contributed by atoms with Gasteiger partial charge in [0.05, 0.1) is 0 Å². The number of aryl methyl sites for hydroxylation is 1. The molecule has 1 nitrogen and oxygen atoms in total. The second kappa shape index (κ2) is 4.26. The van der Waals surface area contributed by atoms with Gasteiger partial charge in [0.1, 0.15) is 5.78 Å². The number of rotatable bonds is 1. The van der Waals surface area contributed by atoms with E-state index in [9.17, 15) is 4.79 Å². The summed E-state index contributed by atoms with van der Waals surface area (Å²) in [5, 5.41) is 2.16. The maximum absolute atomic E-state index is 11.8. The zero-order chi connectivity index (χ0) is 9.97. The Morgan fingerprint density at radius 3 is 2.93 bits per heavy atom. The van der Waals surface area contributed by atoms with Crippen molar-refractivity contribution in [3.05, 3.63) is 21.9 Å². The normalized spacial score (nSPS) is 23.5. The molecule has 1 fully saturated rings. The van der Waals surface area contributed by atoms with Crippen molar-refractivity contribution < 1.29 is 4.79 Å². The molecule has 0 bridgehead atoms. The minimum atomic E-state index is 0.211. The maximum Gasteiger partial charge on any atom is 0.140 e. The molecule has 1 aliphatic rings. The van der Waals surface area contributed by atoms with Crippen LogP contribution in [0.3, 0.4) is 0 Å². The Balaban J connectivity index is 2.18. The summed E-state index contributed by atoms with van der Waals surface area (Å²) in [6.45, 7) is 2.11. The molecule has 0 spiro atoms. The fourth-order valence-electron chi connectivity index (χ4n) is 2.16. The fourth-order valence-corrected chi connectivity index (χ4v) is 2.92. The molecule has 0 aliphatic heterocycles. The maximum atomic E-state index is 11.8. The molecular weight excluding hydrogens is 192 g/mol. The summed E-state index contributed by atoms with van der Waals surface area (Å²) in [6.07, 6.45) is 5.39. The Kier molecular flexibility index (Phi) is 3.02. The molecule has 1 aromatic rings. The van der Waals surface area contributed by atoms with E-state index in [-0.39, 0.29) is 5.92 Å². The fraction of sp³-hybridized carbons (Fsp3) is 0.583. The summed E-state index contributed by atoms with van der Waals surface area (Å²) in [5.41, 5.74) is 1.26. The average molecular weight is 208 g/mol. The Morgan fingerprint density at radius 2 is 2.21 bits per heavy atom. The van der Waals surface area contributed by atoms with Crippen LogP contribution in [-0.2, 0) is 4.79 Å². The van der Waals surface area contributed by atoms with E-state index in [0.717, 1.165) is 19.3 Å². The second-order valence-electron chi connectivity index (χ2n) is 4.11. The molecule has 14 heavy (non-hydrogen) atoms. The van der Waals surface area contributed by atoms with Crippen LogP contribution in [0.2, 0.25) is 0 Å². The van der Waals surface area contributed by atoms with E-state index < -0.39 is 0 Å². The molecule has 1 heterocycles. The quantitative estimate of drug-likeness (QED) is 0.643. The third-order valence-electron chi connectivity index (χ3n) is 2.96. The van der Waals surface area contributed by atoms with Crippen molar-refractivity contribution in [1.29, 1.82) is 0 Å². The number of hydrogen-bond donors (Lipinski definition) is 0. The van der Waals surface area contributed by atoms with Crippen LogP contribution in [0.4, 0.5) is 0 Å². The van der Waals surface area contributed by atoms with Crippen LogP contribution >= 0.6 is 11.3 Å². The van der Waals surface area contributed by atoms with Gasteiger partial charge < -0.3 is 0 Å². The molecule has 1 atom stereocenters. The van der Waals surface area contributed by atoms with Gasteiger partial charge in [0.25, 0.3) is 0 Å². The number of ketones is 1. The van der Waals surface area contributed by atoms with E-state index in [1.54, 1.807) is 11.3 Å². The predicted octanol–water partition coefficient (Wildman–Crippen LogP) is 3.67. The highest BCUT2D eigenvalue weighted by Gasteiger charge is 2.22. The molecular formula is C12H16OS. The van der Waals surface area contributed by atoms with E-state index in [1.165, 1.54) is 23.3 Å². The number of thiophene rings is 1. The van der Waals surface area contributed by atoms with Crippen LogP contribution in [0.5, 0.6) is 0 Å². The largest absolute Gasteiger partial charge is 0.299 e. The van der Waals surface area contributed by atoms with Gasteiger partial charge in [0.2, 0.25) is 0 Å². The SMILES string of the molecule is Cc1cc(C2CCCCCC2=O)cs1. The van der Waals surface area contributed by atoms with Gasteiger partial charge in [0.15, 0.2) is 0 Å². The van der Waals surface area contributed by atoms with Crippen molar-refractivity contribution >= 4 is 17.1 Å². The zero-order valence-corrected chi connectivity index (χ0v) is 9.40. The van der Waals surface area contributed by atoms with Gasteiger partial charge in [-0.05, 0) is 36.8 Å². The second-order valence-corrected chi connectivity index (χ2v) is 5.22. The van der Waals surface area contributed by atoms with Crippen molar-refractivity contribution in [3.8, 4) is 0 Å². The van der Waals surface area contributed by atoms with E-state index in [4.69, 9.17) is 0 Å². The Morgan fingerprint density at radius 1 is 1.36 bits per heavy atom. The highest BCUT2D eigenvalue weighted by atomic mass is 32.1. The molecule has 2 rings (SSSR count). The third-order valence-corrected chi connectivity index (χ3v) is 3.84. The minimum Gasteiger partial charge on any atom is -0.299 e. The zero-order valence-electron chi connectivity index (χ0n) is 8.58. The molecule has 0 aromatic carbocycles. The standard InChI is InChI=1S/C12H16OS/c1-9-7-10(8-14-9)11-5-3-2-4-6-12(11)13/h7-8,11H,2-6H2,1H3. The lowest BCUT2D eigenvalue weighted by molar-refractivity contribution is -0.120. The molecule has 1 aromatic heterocycles. The van der Waals surface area contributed by atoms with Crippen molar-refractivity contribution in [2.45, 2.75) is 44.9 Å². The van der Waals surface area contributed by atoms with Gasteiger partial charge >= 0.3 is 0 Å². The first-order valence-corrected chi connectivity index (χ1v) is 6.23. The van der Waals surface area contributed by atoms with Crippen molar-refractivity contribution in [2.24, 2.45) is 0 Å². The lowest BCUT2D eigenvalue weighted by Gasteiger charge is -2.10. The molecule has 0 saturated heterocycles. The minimum absolute atomic E-state index is 0.211. The van der Waals surface area contributed by atoms with Crippen LogP contribution in [0.1, 0.15) is 48.5 Å². The lowest BCUT2D eigenvalue weighted by Crippen LogP contribution is -2.09. The van der Waals surface area contributed by atoms with E-state index in [1.807, 2.05) is 0 Å². The molecule has 0 amide bonds. The molecule has 1 aliphatic carbocycles. The summed E-state index contributed by atoms with van der Waals surface area (Å²) in [4.78, 5) is 13.1. The average Bonchev–Trinajstić information content (AvgIpc) is 2.46. The molecule has 1 saturated carbocycles. The van der Waals surface area contributed by atoms with Crippen LogP contribution < -0.4 is 0 Å². The molecule has 0 N–H and O–H groups in total. The first kappa shape index (κ1) is 9.91. The van der Waals surface area contributed by atoms with Gasteiger partial charge in [-0.3, -0.25) is 4.79 Å². The van der Waals surface area contributed by atoms with Crippen LogP contribution in [0.15, 0.2) is 11.4 Å². The number of carbonyl (C=O) groups excluding carboxylic acids is 1. The van der Waals surface area contributed by atoms with Crippen molar-refractivity contribution in [2.75, 3.05) is 0 Å². The van der Waals surface area contributed by atoms with Gasteiger partial charge in [0, 0.05) is 17.2 Å². The third kappa shape index (κ3) is 2.06. The van der Waals surface area contributed by atoms with Gasteiger partial charge in [-0.25, -0.2) is 0 Å². The topological polar surface area (TPSA) is 17.1 Å². The number of carbonyl (C=O) groups is 1. The first-order chi connectivity index (χ1) is 6.77. The summed E-state index contributed by atoms with van der Waals surface area (Å²) in [7, 11) is 0.